The number of ether oxygens (including phenoxy) is 1. The third kappa shape index (κ3) is 43.3. The first-order valence-corrected chi connectivity index (χ1v) is 26.9. The average molecular weight is 848 g/mol. The van der Waals surface area contributed by atoms with Crippen LogP contribution in [0.15, 0.2) is 12.2 Å². The van der Waals surface area contributed by atoms with Crippen LogP contribution in [0.2, 0.25) is 0 Å². The lowest BCUT2D eigenvalue weighted by molar-refractivity contribution is -0.151. The van der Waals surface area contributed by atoms with Crippen LogP contribution < -0.4 is 5.32 Å². The van der Waals surface area contributed by atoms with Crippen LogP contribution in [0.1, 0.15) is 297 Å². The van der Waals surface area contributed by atoms with Gasteiger partial charge in [0, 0.05) is 6.42 Å². The van der Waals surface area contributed by atoms with E-state index < -0.39 is 18.2 Å². The molecule has 0 aromatic heterocycles. The number of amides is 1. The lowest BCUT2D eigenvalue weighted by atomic mass is 10.0. The third-order valence-electron chi connectivity index (χ3n) is 12.6. The van der Waals surface area contributed by atoms with Gasteiger partial charge in [-0.1, -0.05) is 251 Å². The number of unbranched alkanes of at least 4 members (excludes halogenated alkanes) is 35. The Morgan fingerprint density at radius 3 is 1.22 bits per heavy atom. The van der Waals surface area contributed by atoms with Crippen molar-refractivity contribution in [3.63, 3.8) is 0 Å². The van der Waals surface area contributed by atoms with E-state index >= 15 is 0 Å². The van der Waals surface area contributed by atoms with Crippen LogP contribution >= 0.6 is 0 Å². The lowest BCUT2D eigenvalue weighted by Crippen LogP contribution is -2.46. The minimum Gasteiger partial charge on any atom is -0.462 e. The number of aliphatic hydroxyl groups excluding tert-OH is 2. The summed E-state index contributed by atoms with van der Waals surface area (Å²) in [7, 11) is 0. The molecule has 0 radical (unpaired) electrons. The largest absolute Gasteiger partial charge is 0.462 e. The van der Waals surface area contributed by atoms with Crippen LogP contribution in [-0.4, -0.2) is 46.9 Å². The zero-order valence-corrected chi connectivity index (χ0v) is 40.6. The van der Waals surface area contributed by atoms with E-state index in [0.717, 1.165) is 51.4 Å². The van der Waals surface area contributed by atoms with Gasteiger partial charge < -0.3 is 20.3 Å². The highest BCUT2D eigenvalue weighted by atomic mass is 16.5. The van der Waals surface area contributed by atoms with Crippen molar-refractivity contribution in [3.8, 4) is 0 Å². The Balaban J connectivity index is 4.48. The van der Waals surface area contributed by atoms with Gasteiger partial charge in [-0.15, -0.1) is 0 Å². The predicted molar refractivity (Wildman–Crippen MR) is 260 cm³/mol. The fourth-order valence-corrected chi connectivity index (χ4v) is 8.49. The predicted octanol–water partition coefficient (Wildman–Crippen LogP) is 16.1. The van der Waals surface area contributed by atoms with E-state index in [1.165, 1.54) is 199 Å². The number of nitrogens with one attached hydrogen (secondary N) is 1. The summed E-state index contributed by atoms with van der Waals surface area (Å²) in [4.78, 5) is 26.1. The zero-order chi connectivity index (χ0) is 43.8. The van der Waals surface area contributed by atoms with Crippen molar-refractivity contribution < 1.29 is 24.5 Å². The first kappa shape index (κ1) is 58.6. The molecule has 1 amide bonds. The number of aliphatic hydroxyl groups is 2. The Labute approximate surface area is 374 Å². The minimum absolute atomic E-state index is 0.0638. The summed E-state index contributed by atoms with van der Waals surface area (Å²) in [5, 5.41) is 23.7. The zero-order valence-electron chi connectivity index (χ0n) is 40.6. The number of carbonyl (C=O) groups excluding carboxylic acids is 2. The molecular formula is C54H105NO5. The highest BCUT2D eigenvalue weighted by Gasteiger charge is 2.24. The normalized spacial score (nSPS) is 13.2. The maximum absolute atomic E-state index is 13.2. The molecule has 3 atom stereocenters. The van der Waals surface area contributed by atoms with E-state index in [4.69, 9.17) is 4.74 Å². The summed E-state index contributed by atoms with van der Waals surface area (Å²) in [6.07, 6.45) is 54.2. The standard InChI is InChI=1S/C54H105NO5/c1-4-7-10-13-16-19-22-24-25-26-27-28-29-32-35-38-41-44-47-54(59)60-50(45-42-39-36-33-31-23-20-17-14-11-8-5-2)48-53(58)55-51(49-56)52(57)46-43-40-37-34-30-21-18-15-12-9-6-3/h33,36,50-52,56-57H,4-32,34-35,37-49H2,1-3H3,(H,55,58)/b36-33-. The Bertz CT molecular complexity index is 909. The molecule has 0 aliphatic carbocycles. The number of allylic oxidation sites excluding steroid dienone is 2. The molecule has 0 rings (SSSR count). The summed E-state index contributed by atoms with van der Waals surface area (Å²) in [5.74, 6) is -0.485. The molecule has 0 aliphatic rings. The summed E-state index contributed by atoms with van der Waals surface area (Å²) in [5.41, 5.74) is 0. The highest BCUT2D eigenvalue weighted by molar-refractivity contribution is 5.77. The topological polar surface area (TPSA) is 95.9 Å². The SMILES string of the molecule is CCCCCCCCC/C=C\CCCC(CC(=O)NC(CO)C(O)CCCCCCCCCCCCC)OC(=O)CCCCCCCCCCCCCCCCCCCC. The Kier molecular flexibility index (Phi) is 47.5. The van der Waals surface area contributed by atoms with Gasteiger partial charge in [-0.3, -0.25) is 9.59 Å². The molecule has 6 nitrogen and oxygen atoms in total. The Hall–Kier alpha value is -1.40. The van der Waals surface area contributed by atoms with Crippen molar-refractivity contribution in [2.75, 3.05) is 6.61 Å². The molecular weight excluding hydrogens is 743 g/mol. The number of hydrogen-bond donors (Lipinski definition) is 3. The van der Waals surface area contributed by atoms with E-state index in [1.807, 2.05) is 0 Å². The average Bonchev–Trinajstić information content (AvgIpc) is 3.24. The van der Waals surface area contributed by atoms with E-state index in [9.17, 15) is 19.8 Å². The van der Waals surface area contributed by atoms with Gasteiger partial charge in [-0.2, -0.15) is 0 Å². The molecule has 0 aliphatic heterocycles. The van der Waals surface area contributed by atoms with Crippen LogP contribution in [0, 0.1) is 0 Å². The molecule has 0 bridgehead atoms. The number of hydrogen-bond acceptors (Lipinski definition) is 5. The van der Waals surface area contributed by atoms with Crippen LogP contribution in [0.25, 0.3) is 0 Å². The lowest BCUT2D eigenvalue weighted by Gasteiger charge is -2.24. The molecule has 0 saturated heterocycles. The van der Waals surface area contributed by atoms with Crippen molar-refractivity contribution in [2.24, 2.45) is 0 Å². The van der Waals surface area contributed by atoms with Crippen LogP contribution in [0.4, 0.5) is 0 Å². The van der Waals surface area contributed by atoms with Gasteiger partial charge in [0.25, 0.3) is 0 Å². The monoisotopic (exact) mass is 848 g/mol. The smallest absolute Gasteiger partial charge is 0.306 e. The summed E-state index contributed by atoms with van der Waals surface area (Å²) in [6.45, 7) is 6.49. The first-order valence-electron chi connectivity index (χ1n) is 26.9. The molecule has 0 saturated carbocycles. The molecule has 3 N–H and O–H groups in total. The van der Waals surface area contributed by atoms with Crippen molar-refractivity contribution in [1.82, 2.24) is 5.32 Å². The molecule has 356 valence electrons. The van der Waals surface area contributed by atoms with Gasteiger partial charge in [0.05, 0.1) is 25.2 Å². The highest BCUT2D eigenvalue weighted by Crippen LogP contribution is 2.18. The van der Waals surface area contributed by atoms with Crippen molar-refractivity contribution in [2.45, 2.75) is 315 Å². The van der Waals surface area contributed by atoms with Crippen LogP contribution in [0.5, 0.6) is 0 Å². The van der Waals surface area contributed by atoms with Crippen LogP contribution in [0.3, 0.4) is 0 Å². The molecule has 0 spiro atoms. The van der Waals surface area contributed by atoms with E-state index in [2.05, 4.69) is 38.2 Å². The van der Waals surface area contributed by atoms with Crippen molar-refractivity contribution >= 4 is 11.9 Å². The summed E-state index contributed by atoms with van der Waals surface area (Å²) < 4.78 is 5.93. The molecule has 0 heterocycles. The minimum atomic E-state index is -0.787. The van der Waals surface area contributed by atoms with Crippen LogP contribution in [-0.2, 0) is 14.3 Å². The molecule has 60 heavy (non-hydrogen) atoms. The molecule has 0 aromatic rings. The third-order valence-corrected chi connectivity index (χ3v) is 12.6. The number of rotatable bonds is 49. The second-order valence-electron chi connectivity index (χ2n) is 18.6. The maximum atomic E-state index is 13.2. The Morgan fingerprint density at radius 1 is 0.467 bits per heavy atom. The van der Waals surface area contributed by atoms with Gasteiger partial charge in [0.1, 0.15) is 6.10 Å². The quantitative estimate of drug-likeness (QED) is 0.0322. The van der Waals surface area contributed by atoms with Gasteiger partial charge in [-0.05, 0) is 44.9 Å². The second-order valence-corrected chi connectivity index (χ2v) is 18.6. The Morgan fingerprint density at radius 2 is 0.817 bits per heavy atom. The van der Waals surface area contributed by atoms with Crippen molar-refractivity contribution in [1.29, 1.82) is 0 Å². The van der Waals surface area contributed by atoms with Crippen molar-refractivity contribution in [3.05, 3.63) is 12.2 Å². The summed E-state index contributed by atoms with van der Waals surface area (Å²) in [6, 6.07) is -0.703. The van der Waals surface area contributed by atoms with Gasteiger partial charge in [0.15, 0.2) is 0 Å². The van der Waals surface area contributed by atoms with E-state index in [0.29, 0.717) is 19.3 Å². The molecule has 0 fully saturated rings. The number of carbonyl (C=O) groups is 2. The van der Waals surface area contributed by atoms with E-state index in [-0.39, 0.29) is 24.9 Å². The molecule has 0 aromatic carbocycles. The summed E-state index contributed by atoms with van der Waals surface area (Å²) >= 11 is 0. The maximum Gasteiger partial charge on any atom is 0.306 e. The molecule has 6 heteroatoms. The fraction of sp³-hybridized carbons (Fsp3) is 0.926. The van der Waals surface area contributed by atoms with Gasteiger partial charge >= 0.3 is 5.97 Å². The first-order chi connectivity index (χ1) is 29.5. The number of esters is 1. The van der Waals surface area contributed by atoms with Gasteiger partial charge in [0.2, 0.25) is 5.91 Å². The fourth-order valence-electron chi connectivity index (χ4n) is 8.49. The molecule has 3 unspecified atom stereocenters. The van der Waals surface area contributed by atoms with Gasteiger partial charge in [-0.25, -0.2) is 0 Å². The second kappa shape index (κ2) is 48.6. The van der Waals surface area contributed by atoms with E-state index in [1.54, 1.807) is 0 Å².